The molecule has 3 nitrogen and oxygen atoms in total. The van der Waals surface area contributed by atoms with Crippen molar-refractivity contribution in [2.45, 2.75) is 32.7 Å². The van der Waals surface area contributed by atoms with E-state index in [9.17, 15) is 4.79 Å². The van der Waals surface area contributed by atoms with Gasteiger partial charge in [0.1, 0.15) is 0 Å². The number of nitrogens with zero attached hydrogens (tertiary/aromatic N) is 2. The van der Waals surface area contributed by atoms with Gasteiger partial charge in [-0.05, 0) is 32.6 Å². The molecular weight excluding hydrogens is 200 g/mol. The van der Waals surface area contributed by atoms with Crippen LogP contribution in [0.2, 0.25) is 5.15 Å². The monoisotopic (exact) mass is 212 g/mol. The molecule has 76 valence electrons. The minimum Gasteiger partial charge on any atom is -0.308 e. The summed E-state index contributed by atoms with van der Waals surface area (Å²) in [7, 11) is 0. The molecule has 0 aromatic carbocycles. The van der Waals surface area contributed by atoms with Gasteiger partial charge in [0.15, 0.2) is 5.15 Å². The number of hydrogen-bond acceptors (Lipinski definition) is 2. The van der Waals surface area contributed by atoms with E-state index >= 15 is 0 Å². The van der Waals surface area contributed by atoms with Crippen LogP contribution >= 0.6 is 11.6 Å². The molecule has 0 unspecified atom stereocenters. The molecule has 14 heavy (non-hydrogen) atoms. The van der Waals surface area contributed by atoms with Gasteiger partial charge in [-0.3, -0.25) is 4.79 Å². The lowest BCUT2D eigenvalue weighted by Gasteiger charge is -2.14. The Morgan fingerprint density at radius 1 is 1.64 bits per heavy atom. The van der Waals surface area contributed by atoms with Crippen LogP contribution in [0.4, 0.5) is 0 Å². The van der Waals surface area contributed by atoms with Gasteiger partial charge in [-0.15, -0.1) is 0 Å². The molecule has 1 aliphatic carbocycles. The highest BCUT2D eigenvalue weighted by molar-refractivity contribution is 6.29. The number of aryl methyl sites for hydroxylation is 1. The van der Waals surface area contributed by atoms with Crippen LogP contribution in [0.3, 0.4) is 0 Å². The molecule has 1 heterocycles. The smallest absolute Gasteiger partial charge is 0.288 e. The number of halogens is 1. The van der Waals surface area contributed by atoms with Crippen molar-refractivity contribution >= 4 is 11.6 Å². The number of aromatic nitrogens is 2. The SMILES string of the molecule is Cc1cn([C@H](C)C2CC2)c(=O)c(Cl)n1. The Labute approximate surface area is 87.7 Å². The summed E-state index contributed by atoms with van der Waals surface area (Å²) in [5.74, 6) is 0.644. The Bertz CT molecular complexity index is 409. The second-order valence-electron chi connectivity index (χ2n) is 3.96. The van der Waals surface area contributed by atoms with Crippen LogP contribution in [0.5, 0.6) is 0 Å². The summed E-state index contributed by atoms with van der Waals surface area (Å²) < 4.78 is 1.71. The van der Waals surface area contributed by atoms with Gasteiger partial charge in [0.25, 0.3) is 5.56 Å². The van der Waals surface area contributed by atoms with E-state index in [1.807, 2.05) is 6.92 Å². The molecule has 1 fully saturated rings. The standard InChI is InChI=1S/C10H13ClN2O/c1-6-5-13(7(2)8-3-4-8)10(14)9(11)12-6/h5,7-8H,3-4H2,1-2H3/t7-/m1/s1. The maximum absolute atomic E-state index is 11.7. The summed E-state index contributed by atoms with van der Waals surface area (Å²) in [5, 5.41) is 0.0810. The highest BCUT2D eigenvalue weighted by atomic mass is 35.5. The molecule has 0 spiro atoms. The van der Waals surface area contributed by atoms with Crippen molar-refractivity contribution in [3.8, 4) is 0 Å². The Morgan fingerprint density at radius 3 is 2.86 bits per heavy atom. The number of hydrogen-bond donors (Lipinski definition) is 0. The summed E-state index contributed by atoms with van der Waals surface area (Å²) >= 11 is 5.74. The maximum Gasteiger partial charge on any atom is 0.288 e. The van der Waals surface area contributed by atoms with Gasteiger partial charge in [-0.1, -0.05) is 11.6 Å². The van der Waals surface area contributed by atoms with Gasteiger partial charge >= 0.3 is 0 Å². The van der Waals surface area contributed by atoms with Crippen LogP contribution < -0.4 is 5.56 Å². The molecule has 0 N–H and O–H groups in total. The molecule has 2 rings (SSSR count). The first kappa shape index (κ1) is 9.71. The summed E-state index contributed by atoms with van der Waals surface area (Å²) in [5.41, 5.74) is 0.624. The van der Waals surface area contributed by atoms with Crippen molar-refractivity contribution in [3.63, 3.8) is 0 Å². The van der Waals surface area contributed by atoms with E-state index in [0.29, 0.717) is 5.92 Å². The molecule has 0 aliphatic heterocycles. The first-order chi connectivity index (χ1) is 6.59. The van der Waals surface area contributed by atoms with Gasteiger partial charge in [0.05, 0.1) is 5.69 Å². The summed E-state index contributed by atoms with van der Waals surface area (Å²) in [6, 6.07) is 0.252. The lowest BCUT2D eigenvalue weighted by molar-refractivity contribution is 0.467. The first-order valence-corrected chi connectivity index (χ1v) is 5.22. The summed E-state index contributed by atoms with van der Waals surface area (Å²) in [4.78, 5) is 15.6. The van der Waals surface area contributed by atoms with Crippen LogP contribution in [-0.2, 0) is 0 Å². The normalized spacial score (nSPS) is 18.2. The van der Waals surface area contributed by atoms with Crippen LogP contribution in [0, 0.1) is 12.8 Å². The highest BCUT2D eigenvalue weighted by Crippen LogP contribution is 2.38. The largest absolute Gasteiger partial charge is 0.308 e. The fourth-order valence-electron chi connectivity index (χ4n) is 1.71. The highest BCUT2D eigenvalue weighted by Gasteiger charge is 2.30. The third kappa shape index (κ3) is 1.69. The second kappa shape index (κ2) is 3.39. The quantitative estimate of drug-likeness (QED) is 0.753. The van der Waals surface area contributed by atoms with Crippen molar-refractivity contribution in [3.05, 3.63) is 27.4 Å². The third-order valence-corrected chi connectivity index (χ3v) is 3.00. The molecule has 1 saturated carbocycles. The zero-order chi connectivity index (χ0) is 10.3. The van der Waals surface area contributed by atoms with Gasteiger partial charge in [-0.2, -0.15) is 0 Å². The lowest BCUT2D eigenvalue weighted by Crippen LogP contribution is -2.25. The zero-order valence-corrected chi connectivity index (χ0v) is 9.08. The van der Waals surface area contributed by atoms with Crippen molar-refractivity contribution in [2.24, 2.45) is 5.92 Å². The van der Waals surface area contributed by atoms with Gasteiger partial charge in [0.2, 0.25) is 0 Å². The first-order valence-electron chi connectivity index (χ1n) is 4.85. The van der Waals surface area contributed by atoms with E-state index < -0.39 is 0 Å². The van der Waals surface area contributed by atoms with Crippen molar-refractivity contribution in [1.29, 1.82) is 0 Å². The van der Waals surface area contributed by atoms with E-state index in [0.717, 1.165) is 5.69 Å². The lowest BCUT2D eigenvalue weighted by atomic mass is 10.2. The fourth-order valence-corrected chi connectivity index (χ4v) is 1.94. The Balaban J connectivity index is 2.45. The van der Waals surface area contributed by atoms with Crippen molar-refractivity contribution < 1.29 is 0 Å². The topological polar surface area (TPSA) is 34.9 Å². The summed E-state index contributed by atoms with van der Waals surface area (Å²) in [6.07, 6.45) is 4.22. The molecule has 1 atom stereocenters. The predicted molar refractivity (Wildman–Crippen MR) is 55.7 cm³/mol. The van der Waals surface area contributed by atoms with Gasteiger partial charge in [-0.25, -0.2) is 4.98 Å². The van der Waals surface area contributed by atoms with E-state index in [4.69, 9.17) is 11.6 Å². The fraction of sp³-hybridized carbons (Fsp3) is 0.600. The van der Waals surface area contributed by atoms with Crippen LogP contribution in [0.15, 0.2) is 11.0 Å². The average Bonchev–Trinajstić information content (AvgIpc) is 2.93. The molecule has 0 bridgehead atoms. The Kier molecular flexibility index (Phi) is 2.35. The molecule has 1 aromatic rings. The molecule has 1 aromatic heterocycles. The van der Waals surface area contributed by atoms with Crippen molar-refractivity contribution in [2.75, 3.05) is 0 Å². The molecule has 0 radical (unpaired) electrons. The van der Waals surface area contributed by atoms with E-state index in [-0.39, 0.29) is 16.8 Å². The molecule has 0 amide bonds. The van der Waals surface area contributed by atoms with E-state index in [1.54, 1.807) is 10.8 Å². The van der Waals surface area contributed by atoms with Gasteiger partial charge < -0.3 is 4.57 Å². The minimum atomic E-state index is -0.170. The zero-order valence-electron chi connectivity index (χ0n) is 8.33. The summed E-state index contributed by atoms with van der Waals surface area (Å²) in [6.45, 7) is 3.91. The molecule has 0 saturated heterocycles. The van der Waals surface area contributed by atoms with Crippen LogP contribution in [0.1, 0.15) is 31.5 Å². The molecular formula is C10H13ClN2O. The maximum atomic E-state index is 11.7. The van der Waals surface area contributed by atoms with E-state index in [2.05, 4.69) is 11.9 Å². The van der Waals surface area contributed by atoms with Crippen LogP contribution in [0.25, 0.3) is 0 Å². The predicted octanol–water partition coefficient (Wildman–Crippen LogP) is 2.18. The van der Waals surface area contributed by atoms with Crippen LogP contribution in [-0.4, -0.2) is 9.55 Å². The minimum absolute atomic E-state index is 0.0810. The third-order valence-electron chi connectivity index (χ3n) is 2.75. The molecule has 1 aliphatic rings. The number of rotatable bonds is 2. The van der Waals surface area contributed by atoms with Gasteiger partial charge in [0, 0.05) is 12.2 Å². The Morgan fingerprint density at radius 2 is 2.29 bits per heavy atom. The Hall–Kier alpha value is -0.830. The average molecular weight is 213 g/mol. The van der Waals surface area contributed by atoms with E-state index in [1.165, 1.54) is 12.8 Å². The second-order valence-corrected chi connectivity index (χ2v) is 4.32. The molecule has 4 heteroatoms. The van der Waals surface area contributed by atoms with Crippen molar-refractivity contribution in [1.82, 2.24) is 9.55 Å².